The van der Waals surface area contributed by atoms with Crippen LogP contribution in [0.25, 0.3) is 0 Å². The van der Waals surface area contributed by atoms with Crippen molar-refractivity contribution in [2.75, 3.05) is 11.9 Å². The number of fused-ring (bicyclic) bond motifs is 1. The molecule has 3 rings (SSSR count). The number of rotatable bonds is 4. The second-order valence-corrected chi connectivity index (χ2v) is 7.93. The minimum atomic E-state index is -3.56. The number of anilines is 1. The van der Waals surface area contributed by atoms with Gasteiger partial charge in [0.1, 0.15) is 0 Å². The zero-order valence-electron chi connectivity index (χ0n) is 14.0. The maximum Gasteiger partial charge on any atom is 0.240 e. The molecule has 0 radical (unpaired) electrons. The molecule has 1 aliphatic rings. The van der Waals surface area contributed by atoms with E-state index in [9.17, 15) is 13.2 Å². The summed E-state index contributed by atoms with van der Waals surface area (Å²) in [5.41, 5.74) is 4.66. The fourth-order valence-corrected chi connectivity index (χ4v) is 3.88. The van der Waals surface area contributed by atoms with Crippen LogP contribution in [0.5, 0.6) is 0 Å². The predicted molar refractivity (Wildman–Crippen MR) is 93.5 cm³/mol. The number of aryl methyl sites for hydroxylation is 2. The van der Waals surface area contributed by atoms with Crippen molar-refractivity contribution < 1.29 is 13.2 Å². The maximum atomic E-state index is 12.4. The van der Waals surface area contributed by atoms with E-state index in [1.165, 1.54) is 0 Å². The molecule has 1 aliphatic heterocycles. The summed E-state index contributed by atoms with van der Waals surface area (Å²) in [5, 5.41) is 0. The smallest absolute Gasteiger partial charge is 0.240 e. The molecule has 2 aromatic rings. The number of likely N-dealkylation sites (N-methyl/N-ethyl adjacent to an activating group) is 1. The van der Waals surface area contributed by atoms with E-state index in [-0.39, 0.29) is 17.3 Å². The van der Waals surface area contributed by atoms with E-state index < -0.39 is 10.0 Å². The van der Waals surface area contributed by atoms with Gasteiger partial charge in [-0.3, -0.25) is 4.79 Å². The van der Waals surface area contributed by atoms with Crippen LogP contribution in [0.4, 0.5) is 5.69 Å². The van der Waals surface area contributed by atoms with Crippen LogP contribution in [0.15, 0.2) is 41.3 Å². The summed E-state index contributed by atoms with van der Waals surface area (Å²) < 4.78 is 27.5. The second-order valence-electron chi connectivity index (χ2n) is 6.16. The van der Waals surface area contributed by atoms with E-state index in [2.05, 4.69) is 4.72 Å². The van der Waals surface area contributed by atoms with Gasteiger partial charge in [-0.15, -0.1) is 0 Å². The summed E-state index contributed by atoms with van der Waals surface area (Å²) in [6, 6.07) is 10.7. The average molecular weight is 344 g/mol. The Morgan fingerprint density at radius 1 is 1.08 bits per heavy atom. The van der Waals surface area contributed by atoms with E-state index in [0.29, 0.717) is 6.42 Å². The largest absolute Gasteiger partial charge is 0.315 e. The van der Waals surface area contributed by atoms with Gasteiger partial charge >= 0.3 is 0 Å². The molecule has 1 heterocycles. The SMILES string of the molecule is Cc1ccc(S(=O)(=O)NCc2ccc3c(c2)CC(=O)N3C)cc1C. The summed E-state index contributed by atoms with van der Waals surface area (Å²) in [6.07, 6.45) is 0.365. The Morgan fingerprint density at radius 3 is 2.54 bits per heavy atom. The molecule has 126 valence electrons. The summed E-state index contributed by atoms with van der Waals surface area (Å²) in [6.45, 7) is 4.03. The van der Waals surface area contributed by atoms with Crippen molar-refractivity contribution in [1.29, 1.82) is 0 Å². The molecule has 0 unspecified atom stereocenters. The van der Waals surface area contributed by atoms with Crippen molar-refractivity contribution in [1.82, 2.24) is 4.72 Å². The number of hydrogen-bond donors (Lipinski definition) is 1. The summed E-state index contributed by atoms with van der Waals surface area (Å²) in [7, 11) is -1.81. The van der Waals surface area contributed by atoms with Crippen LogP contribution in [-0.2, 0) is 27.8 Å². The highest BCUT2D eigenvalue weighted by atomic mass is 32.2. The fraction of sp³-hybridized carbons (Fsp3) is 0.278. The number of benzene rings is 2. The molecular formula is C18H20N2O3S. The molecule has 2 aromatic carbocycles. The molecular weight excluding hydrogens is 324 g/mol. The normalized spacial score (nSPS) is 14.1. The van der Waals surface area contributed by atoms with E-state index in [4.69, 9.17) is 0 Å². The highest BCUT2D eigenvalue weighted by Crippen LogP contribution is 2.28. The van der Waals surface area contributed by atoms with Crippen molar-refractivity contribution >= 4 is 21.6 Å². The monoisotopic (exact) mass is 344 g/mol. The van der Waals surface area contributed by atoms with Gasteiger partial charge in [0, 0.05) is 19.3 Å². The third-order valence-electron chi connectivity index (χ3n) is 4.48. The van der Waals surface area contributed by atoms with Gasteiger partial charge in [0.05, 0.1) is 11.3 Å². The zero-order valence-corrected chi connectivity index (χ0v) is 14.8. The first kappa shape index (κ1) is 16.7. The Hall–Kier alpha value is -2.18. The Kier molecular flexibility index (Phi) is 4.19. The molecule has 0 saturated heterocycles. The van der Waals surface area contributed by atoms with E-state index in [1.807, 2.05) is 32.0 Å². The van der Waals surface area contributed by atoms with Crippen LogP contribution in [0.3, 0.4) is 0 Å². The average Bonchev–Trinajstić information content (AvgIpc) is 2.82. The maximum absolute atomic E-state index is 12.4. The molecule has 0 saturated carbocycles. The van der Waals surface area contributed by atoms with Crippen LogP contribution in [-0.4, -0.2) is 21.4 Å². The number of amides is 1. The van der Waals surface area contributed by atoms with Crippen LogP contribution in [0.2, 0.25) is 0 Å². The van der Waals surface area contributed by atoms with Gasteiger partial charge in [-0.2, -0.15) is 0 Å². The van der Waals surface area contributed by atoms with E-state index >= 15 is 0 Å². The van der Waals surface area contributed by atoms with Gasteiger partial charge in [0.2, 0.25) is 15.9 Å². The quantitative estimate of drug-likeness (QED) is 0.925. The molecule has 0 aromatic heterocycles. The van der Waals surface area contributed by atoms with Crippen molar-refractivity contribution in [3.05, 3.63) is 58.7 Å². The zero-order chi connectivity index (χ0) is 17.5. The van der Waals surface area contributed by atoms with Crippen LogP contribution < -0.4 is 9.62 Å². The highest BCUT2D eigenvalue weighted by Gasteiger charge is 2.24. The number of carbonyl (C=O) groups excluding carboxylic acids is 1. The Morgan fingerprint density at radius 2 is 1.83 bits per heavy atom. The Bertz CT molecular complexity index is 920. The van der Waals surface area contributed by atoms with Crippen LogP contribution in [0.1, 0.15) is 22.3 Å². The molecule has 0 atom stereocenters. The highest BCUT2D eigenvalue weighted by molar-refractivity contribution is 7.89. The third kappa shape index (κ3) is 3.07. The summed E-state index contributed by atoms with van der Waals surface area (Å²) in [5.74, 6) is 0.0536. The summed E-state index contributed by atoms with van der Waals surface area (Å²) in [4.78, 5) is 13.6. The number of nitrogens with one attached hydrogen (secondary N) is 1. The van der Waals surface area contributed by atoms with Gasteiger partial charge in [-0.25, -0.2) is 13.1 Å². The first-order valence-electron chi connectivity index (χ1n) is 7.73. The Labute approximate surface area is 142 Å². The molecule has 1 amide bonds. The molecule has 6 heteroatoms. The minimum Gasteiger partial charge on any atom is -0.315 e. The fourth-order valence-electron chi connectivity index (χ4n) is 2.78. The van der Waals surface area contributed by atoms with Crippen molar-refractivity contribution in [3.63, 3.8) is 0 Å². The molecule has 0 aliphatic carbocycles. The summed E-state index contributed by atoms with van der Waals surface area (Å²) >= 11 is 0. The first-order chi connectivity index (χ1) is 11.3. The molecule has 5 nitrogen and oxygen atoms in total. The van der Waals surface area contributed by atoms with Gasteiger partial charge < -0.3 is 4.90 Å². The van der Waals surface area contributed by atoms with E-state index in [1.54, 1.807) is 30.1 Å². The molecule has 1 N–H and O–H groups in total. The third-order valence-corrected chi connectivity index (χ3v) is 5.87. The van der Waals surface area contributed by atoms with Gasteiger partial charge in [-0.05, 0) is 54.3 Å². The lowest BCUT2D eigenvalue weighted by Crippen LogP contribution is -2.23. The first-order valence-corrected chi connectivity index (χ1v) is 9.21. The molecule has 0 spiro atoms. The van der Waals surface area contributed by atoms with Crippen LogP contribution >= 0.6 is 0 Å². The number of hydrogen-bond acceptors (Lipinski definition) is 3. The Balaban J connectivity index is 1.77. The topological polar surface area (TPSA) is 66.5 Å². The van der Waals surface area contributed by atoms with Crippen LogP contribution in [0, 0.1) is 13.8 Å². The van der Waals surface area contributed by atoms with Crippen molar-refractivity contribution in [2.24, 2.45) is 0 Å². The molecule has 0 fully saturated rings. The number of sulfonamides is 1. The van der Waals surface area contributed by atoms with Crippen molar-refractivity contribution in [2.45, 2.75) is 31.7 Å². The molecule has 24 heavy (non-hydrogen) atoms. The van der Waals surface area contributed by atoms with Gasteiger partial charge in [-0.1, -0.05) is 18.2 Å². The minimum absolute atomic E-state index is 0.0536. The van der Waals surface area contributed by atoms with Crippen molar-refractivity contribution in [3.8, 4) is 0 Å². The lowest BCUT2D eigenvalue weighted by molar-refractivity contribution is -0.117. The molecule has 0 bridgehead atoms. The lowest BCUT2D eigenvalue weighted by Gasteiger charge is -2.11. The number of carbonyl (C=O) groups is 1. The van der Waals surface area contributed by atoms with Gasteiger partial charge in [0.25, 0.3) is 0 Å². The standard InChI is InChI=1S/C18H20N2O3S/c1-12-4-6-16(8-13(12)2)24(22,23)19-11-14-5-7-17-15(9-14)10-18(21)20(17)3/h4-9,19H,10-11H2,1-3H3. The van der Waals surface area contributed by atoms with E-state index in [0.717, 1.165) is 27.9 Å². The lowest BCUT2D eigenvalue weighted by atomic mass is 10.1. The number of nitrogens with zero attached hydrogens (tertiary/aromatic N) is 1. The second kappa shape index (κ2) is 6.03. The predicted octanol–water partition coefficient (Wildman–Crippen LogP) is 2.30. The van der Waals surface area contributed by atoms with Gasteiger partial charge in [0.15, 0.2) is 0 Å².